The van der Waals surface area contributed by atoms with Crippen LogP contribution in [0, 0.1) is 0 Å². The van der Waals surface area contributed by atoms with Gasteiger partial charge in [-0.15, -0.1) is 0 Å². The Labute approximate surface area is 164 Å². The van der Waals surface area contributed by atoms with E-state index in [0.717, 1.165) is 5.56 Å². The molecule has 4 atom stereocenters. The molecule has 2 N–H and O–H groups in total. The molecule has 0 amide bonds. The van der Waals surface area contributed by atoms with E-state index >= 15 is 0 Å². The molecule has 0 unspecified atom stereocenters. The molecule has 3 rings (SSSR count). The molecule has 1 saturated carbocycles. The lowest BCUT2D eigenvalue weighted by Crippen LogP contribution is -2.30. The highest BCUT2D eigenvalue weighted by Crippen LogP contribution is 2.41. The lowest BCUT2D eigenvalue weighted by molar-refractivity contribution is -0.143. The first-order valence-electron chi connectivity index (χ1n) is 9.22. The second-order valence-electron chi connectivity index (χ2n) is 7.33. The van der Waals surface area contributed by atoms with Gasteiger partial charge in [0.05, 0.1) is 23.3 Å². The van der Waals surface area contributed by atoms with Gasteiger partial charge in [-0.1, -0.05) is 30.3 Å². The molecule has 0 heterocycles. The van der Waals surface area contributed by atoms with Crippen molar-refractivity contribution in [2.75, 3.05) is 0 Å². The van der Waals surface area contributed by atoms with E-state index < -0.39 is 35.7 Å². The Morgan fingerprint density at radius 2 is 1.45 bits per heavy atom. The van der Waals surface area contributed by atoms with Crippen molar-refractivity contribution in [3.05, 3.63) is 70.8 Å². The van der Waals surface area contributed by atoms with Gasteiger partial charge in [0.2, 0.25) is 0 Å². The SMILES string of the molecule is C[C@H](O[C@@H]1CC[C@H](N)[C@H]1c1ccccc1)c1cc(C(F)(F)F)cc(C(F)(F)F)c1. The molecule has 0 aliphatic heterocycles. The van der Waals surface area contributed by atoms with E-state index in [-0.39, 0.29) is 23.6 Å². The summed E-state index contributed by atoms with van der Waals surface area (Å²) in [5, 5.41) is 0. The third kappa shape index (κ3) is 4.93. The number of nitrogens with two attached hydrogens (primary N) is 1. The van der Waals surface area contributed by atoms with Crippen LogP contribution in [0.15, 0.2) is 48.5 Å². The van der Waals surface area contributed by atoms with Gasteiger partial charge in [0, 0.05) is 12.0 Å². The summed E-state index contributed by atoms with van der Waals surface area (Å²) in [6.07, 6.45) is -9.90. The van der Waals surface area contributed by atoms with E-state index in [9.17, 15) is 26.3 Å². The van der Waals surface area contributed by atoms with Gasteiger partial charge in [0.15, 0.2) is 0 Å². The summed E-state index contributed by atoms with van der Waals surface area (Å²) in [7, 11) is 0. The quantitative estimate of drug-likeness (QED) is 0.613. The Bertz CT molecular complexity index is 801. The Balaban J connectivity index is 1.89. The summed E-state index contributed by atoms with van der Waals surface area (Å²) >= 11 is 0. The predicted molar refractivity (Wildman–Crippen MR) is 96.1 cm³/mol. The Morgan fingerprint density at radius 3 is 1.97 bits per heavy atom. The van der Waals surface area contributed by atoms with Crippen molar-refractivity contribution in [3.8, 4) is 0 Å². The molecular weight excluding hydrogens is 396 g/mol. The zero-order valence-corrected chi connectivity index (χ0v) is 15.6. The van der Waals surface area contributed by atoms with Crippen LogP contribution in [0.1, 0.15) is 54.0 Å². The Hall–Kier alpha value is -2.06. The molecule has 0 bridgehead atoms. The number of hydrogen-bond acceptors (Lipinski definition) is 2. The first-order valence-corrected chi connectivity index (χ1v) is 9.22. The maximum absolute atomic E-state index is 13.1. The lowest BCUT2D eigenvalue weighted by atomic mass is 9.92. The number of halogens is 6. The highest BCUT2D eigenvalue weighted by molar-refractivity contribution is 5.35. The van der Waals surface area contributed by atoms with E-state index in [1.807, 2.05) is 30.3 Å². The van der Waals surface area contributed by atoms with Crippen LogP contribution < -0.4 is 5.73 Å². The van der Waals surface area contributed by atoms with Gasteiger partial charge in [-0.05, 0) is 49.1 Å². The van der Waals surface area contributed by atoms with Gasteiger partial charge in [-0.2, -0.15) is 26.3 Å². The van der Waals surface area contributed by atoms with Crippen LogP contribution in [0.5, 0.6) is 0 Å². The summed E-state index contributed by atoms with van der Waals surface area (Å²) in [6.45, 7) is 1.46. The fourth-order valence-corrected chi connectivity index (χ4v) is 3.84. The molecule has 1 aliphatic rings. The van der Waals surface area contributed by atoms with Crippen molar-refractivity contribution in [2.45, 2.75) is 56.3 Å². The number of hydrogen-bond donors (Lipinski definition) is 1. The zero-order valence-electron chi connectivity index (χ0n) is 15.6. The van der Waals surface area contributed by atoms with Crippen LogP contribution >= 0.6 is 0 Å². The second-order valence-corrected chi connectivity index (χ2v) is 7.33. The monoisotopic (exact) mass is 417 g/mol. The number of ether oxygens (including phenoxy) is 1. The average molecular weight is 417 g/mol. The van der Waals surface area contributed by atoms with Crippen LogP contribution in [-0.2, 0) is 17.1 Å². The topological polar surface area (TPSA) is 35.2 Å². The summed E-state index contributed by atoms with van der Waals surface area (Å²) in [5.41, 5.74) is 4.28. The minimum absolute atomic E-state index is 0.120. The molecular formula is C21H21F6NO. The molecule has 0 radical (unpaired) electrons. The predicted octanol–water partition coefficient (Wildman–Crippen LogP) is 6.08. The minimum atomic E-state index is -4.89. The third-order valence-corrected chi connectivity index (χ3v) is 5.29. The molecule has 2 aromatic carbocycles. The maximum Gasteiger partial charge on any atom is 0.416 e. The largest absolute Gasteiger partial charge is 0.416 e. The third-order valence-electron chi connectivity index (χ3n) is 5.29. The molecule has 0 spiro atoms. The van der Waals surface area contributed by atoms with Crippen molar-refractivity contribution < 1.29 is 31.1 Å². The maximum atomic E-state index is 13.1. The van der Waals surface area contributed by atoms with E-state index in [0.29, 0.717) is 25.0 Å². The van der Waals surface area contributed by atoms with E-state index in [4.69, 9.17) is 10.5 Å². The highest BCUT2D eigenvalue weighted by Gasteiger charge is 2.39. The summed E-state index contributed by atoms with van der Waals surface area (Å²) < 4.78 is 84.6. The fraction of sp³-hybridized carbons (Fsp3) is 0.429. The normalized spacial score (nSPS) is 23.9. The van der Waals surface area contributed by atoms with E-state index in [2.05, 4.69) is 0 Å². The van der Waals surface area contributed by atoms with Crippen molar-refractivity contribution in [1.29, 1.82) is 0 Å². The van der Waals surface area contributed by atoms with Gasteiger partial charge >= 0.3 is 12.4 Å². The Kier molecular flexibility index (Phi) is 5.96. The van der Waals surface area contributed by atoms with Crippen LogP contribution in [0.25, 0.3) is 0 Å². The molecule has 158 valence electrons. The Morgan fingerprint density at radius 1 is 0.897 bits per heavy atom. The van der Waals surface area contributed by atoms with Crippen LogP contribution in [0.2, 0.25) is 0 Å². The summed E-state index contributed by atoms with van der Waals surface area (Å²) in [6, 6.07) is 10.7. The molecule has 8 heteroatoms. The van der Waals surface area contributed by atoms with Crippen molar-refractivity contribution in [1.82, 2.24) is 0 Å². The molecule has 2 nitrogen and oxygen atoms in total. The van der Waals surface area contributed by atoms with Crippen molar-refractivity contribution in [2.24, 2.45) is 5.73 Å². The standard InChI is InChI=1S/C21H21F6NO/c1-12(14-9-15(20(22,23)24)11-16(10-14)21(25,26)27)29-18-8-7-17(28)19(18)13-5-3-2-4-6-13/h2-6,9-12,17-19H,7-8,28H2,1H3/t12-,17-,18+,19+/m0/s1. The van der Waals surface area contributed by atoms with Gasteiger partial charge in [0.25, 0.3) is 0 Å². The molecule has 1 aliphatic carbocycles. The highest BCUT2D eigenvalue weighted by atomic mass is 19.4. The fourth-order valence-electron chi connectivity index (χ4n) is 3.84. The summed E-state index contributed by atoms with van der Waals surface area (Å²) in [4.78, 5) is 0. The van der Waals surface area contributed by atoms with E-state index in [1.54, 1.807) is 0 Å². The van der Waals surface area contributed by atoms with Gasteiger partial charge in [-0.25, -0.2) is 0 Å². The molecule has 1 fully saturated rings. The van der Waals surface area contributed by atoms with E-state index in [1.165, 1.54) is 6.92 Å². The van der Waals surface area contributed by atoms with Crippen molar-refractivity contribution in [3.63, 3.8) is 0 Å². The van der Waals surface area contributed by atoms with Gasteiger partial charge in [-0.3, -0.25) is 0 Å². The molecule has 2 aromatic rings. The first-order chi connectivity index (χ1) is 13.5. The lowest BCUT2D eigenvalue weighted by Gasteiger charge is -2.27. The summed E-state index contributed by atoms with van der Waals surface area (Å²) in [5.74, 6) is -0.175. The number of alkyl halides is 6. The second kappa shape index (κ2) is 7.99. The van der Waals surface area contributed by atoms with Crippen molar-refractivity contribution >= 4 is 0 Å². The van der Waals surface area contributed by atoms with Gasteiger partial charge in [0.1, 0.15) is 0 Å². The average Bonchev–Trinajstić information content (AvgIpc) is 3.00. The first kappa shape index (κ1) is 21.6. The molecule has 0 aromatic heterocycles. The molecule has 29 heavy (non-hydrogen) atoms. The minimum Gasteiger partial charge on any atom is -0.370 e. The molecule has 0 saturated heterocycles. The van der Waals surface area contributed by atoms with Crippen LogP contribution in [-0.4, -0.2) is 12.1 Å². The van der Waals surface area contributed by atoms with Gasteiger partial charge < -0.3 is 10.5 Å². The smallest absolute Gasteiger partial charge is 0.370 e. The number of benzene rings is 2. The number of rotatable bonds is 4. The van der Waals surface area contributed by atoms with Crippen LogP contribution in [0.4, 0.5) is 26.3 Å². The zero-order chi connectivity index (χ0) is 21.4. The van der Waals surface area contributed by atoms with Crippen LogP contribution in [0.3, 0.4) is 0 Å².